The Morgan fingerprint density at radius 1 is 1.30 bits per heavy atom. The molecule has 9 heteroatoms. The predicted molar refractivity (Wildman–Crippen MR) is 76.9 cm³/mol. The lowest BCUT2D eigenvalue weighted by Gasteiger charge is -2.08. The molecule has 0 aromatic carbocycles. The molecule has 0 amide bonds. The van der Waals surface area contributed by atoms with E-state index in [1.807, 2.05) is 12.3 Å². The van der Waals surface area contributed by atoms with E-state index in [-0.39, 0.29) is 17.3 Å². The average Bonchev–Trinajstić information content (AvgIpc) is 2.95. The molecule has 0 saturated heterocycles. The van der Waals surface area contributed by atoms with Crippen molar-refractivity contribution in [2.45, 2.75) is 19.9 Å². The molecule has 0 radical (unpaired) electrons. The maximum Gasteiger partial charge on any atom is 0.353 e. The van der Waals surface area contributed by atoms with Crippen LogP contribution in [0.3, 0.4) is 0 Å². The number of nitrogens with zero attached hydrogens (tertiary/aromatic N) is 4. The minimum Gasteiger partial charge on any atom is -0.364 e. The number of hydrogen-bond donors (Lipinski definition) is 2. The van der Waals surface area contributed by atoms with Crippen LogP contribution in [-0.4, -0.2) is 26.4 Å². The van der Waals surface area contributed by atoms with Crippen molar-refractivity contribution in [2.75, 3.05) is 17.2 Å². The van der Waals surface area contributed by atoms with Crippen molar-refractivity contribution in [1.82, 2.24) is 15.0 Å². The van der Waals surface area contributed by atoms with Crippen LogP contribution in [0.5, 0.6) is 0 Å². The van der Waals surface area contributed by atoms with Crippen molar-refractivity contribution >= 4 is 28.7 Å². The summed E-state index contributed by atoms with van der Waals surface area (Å²) in [5.41, 5.74) is -0.141. The maximum atomic E-state index is 11.2. The molecular formula is C11H14N6O2S. The van der Waals surface area contributed by atoms with E-state index in [9.17, 15) is 10.1 Å². The monoisotopic (exact) mass is 294 g/mol. The van der Waals surface area contributed by atoms with Gasteiger partial charge in [0.2, 0.25) is 11.6 Å². The minimum absolute atomic E-state index is 0.141. The Morgan fingerprint density at radius 3 is 2.65 bits per heavy atom. The maximum absolute atomic E-state index is 11.2. The van der Waals surface area contributed by atoms with Gasteiger partial charge in [0.15, 0.2) is 0 Å². The molecule has 0 aliphatic carbocycles. The second kappa shape index (κ2) is 6.75. The Kier molecular flexibility index (Phi) is 4.77. The van der Waals surface area contributed by atoms with E-state index >= 15 is 0 Å². The highest BCUT2D eigenvalue weighted by Gasteiger charge is 2.22. The van der Waals surface area contributed by atoms with Crippen molar-refractivity contribution in [3.05, 3.63) is 33.0 Å². The van der Waals surface area contributed by atoms with Crippen LogP contribution < -0.4 is 10.6 Å². The van der Waals surface area contributed by atoms with Crippen LogP contribution in [0.15, 0.2) is 17.9 Å². The van der Waals surface area contributed by atoms with Gasteiger partial charge in [-0.1, -0.05) is 6.92 Å². The minimum atomic E-state index is -0.484. The van der Waals surface area contributed by atoms with Crippen molar-refractivity contribution in [3.8, 4) is 0 Å². The summed E-state index contributed by atoms with van der Waals surface area (Å²) in [6.07, 6.45) is 3.84. The van der Waals surface area contributed by atoms with Gasteiger partial charge in [0, 0.05) is 18.1 Å². The van der Waals surface area contributed by atoms with Crippen LogP contribution in [0.25, 0.3) is 0 Å². The molecule has 106 valence electrons. The Labute approximate surface area is 119 Å². The molecule has 8 nitrogen and oxygen atoms in total. The molecule has 2 aromatic rings. The van der Waals surface area contributed by atoms with Crippen LogP contribution in [0.1, 0.15) is 18.4 Å². The molecule has 0 spiro atoms. The Bertz CT molecular complexity index is 574. The number of nitrogens with one attached hydrogen (secondary N) is 2. The van der Waals surface area contributed by atoms with Crippen LogP contribution >= 0.6 is 11.3 Å². The summed E-state index contributed by atoms with van der Waals surface area (Å²) in [7, 11) is 0. The molecule has 0 atom stereocenters. The van der Waals surface area contributed by atoms with Gasteiger partial charge in [0.05, 0.1) is 11.5 Å². The fourth-order valence-electron chi connectivity index (χ4n) is 1.55. The number of rotatable bonds is 7. The lowest BCUT2D eigenvalue weighted by Crippen LogP contribution is -2.10. The fourth-order valence-corrected chi connectivity index (χ4v) is 2.11. The van der Waals surface area contributed by atoms with Gasteiger partial charge in [-0.2, -0.15) is 0 Å². The fraction of sp³-hybridized carbons (Fsp3) is 0.364. The van der Waals surface area contributed by atoms with E-state index in [0.717, 1.165) is 11.4 Å². The topological polar surface area (TPSA) is 106 Å². The lowest BCUT2D eigenvalue weighted by molar-refractivity contribution is -0.383. The van der Waals surface area contributed by atoms with Gasteiger partial charge in [-0.3, -0.25) is 10.1 Å². The lowest BCUT2D eigenvalue weighted by atomic mass is 10.4. The van der Waals surface area contributed by atoms with Crippen LogP contribution in [0, 0.1) is 10.1 Å². The molecule has 0 aliphatic heterocycles. The molecule has 2 heterocycles. The highest BCUT2D eigenvalue weighted by molar-refractivity contribution is 7.09. The van der Waals surface area contributed by atoms with Gasteiger partial charge in [0.25, 0.3) is 0 Å². The van der Waals surface area contributed by atoms with E-state index in [1.54, 1.807) is 6.20 Å². The van der Waals surface area contributed by atoms with Gasteiger partial charge < -0.3 is 10.6 Å². The van der Waals surface area contributed by atoms with Crippen molar-refractivity contribution in [2.24, 2.45) is 0 Å². The first-order valence-electron chi connectivity index (χ1n) is 6.08. The molecule has 20 heavy (non-hydrogen) atoms. The third kappa shape index (κ3) is 3.38. The molecular weight excluding hydrogens is 280 g/mol. The summed E-state index contributed by atoms with van der Waals surface area (Å²) < 4.78 is 0. The summed E-state index contributed by atoms with van der Waals surface area (Å²) >= 11 is 1.47. The molecule has 0 aliphatic rings. The van der Waals surface area contributed by atoms with E-state index in [0.29, 0.717) is 13.1 Å². The quantitative estimate of drug-likeness (QED) is 0.596. The van der Waals surface area contributed by atoms with Gasteiger partial charge in [-0.15, -0.1) is 11.3 Å². The number of nitro groups is 1. The third-order valence-corrected chi connectivity index (χ3v) is 3.22. The summed E-state index contributed by atoms with van der Waals surface area (Å²) in [6.45, 7) is 2.98. The molecule has 0 saturated carbocycles. The summed E-state index contributed by atoms with van der Waals surface area (Å²) in [5, 5.41) is 19.7. The smallest absolute Gasteiger partial charge is 0.353 e. The molecule has 2 N–H and O–H groups in total. The normalized spacial score (nSPS) is 10.2. The predicted octanol–water partition coefficient (Wildman–Crippen LogP) is 2.28. The zero-order valence-electron chi connectivity index (χ0n) is 10.9. The standard InChI is InChI=1S/C11H14N6O2S/c1-2-3-13-10-9(17(18)19)11(16-7-15-10)14-6-8-12-4-5-20-8/h4-5,7H,2-3,6H2,1H3,(H2,13,14,15,16). The summed E-state index contributed by atoms with van der Waals surface area (Å²) in [6, 6.07) is 0. The van der Waals surface area contributed by atoms with E-state index in [1.165, 1.54) is 17.7 Å². The largest absolute Gasteiger partial charge is 0.364 e. The van der Waals surface area contributed by atoms with Crippen LogP contribution in [0.4, 0.5) is 17.3 Å². The van der Waals surface area contributed by atoms with E-state index in [2.05, 4.69) is 25.6 Å². The second-order valence-corrected chi connectivity index (χ2v) is 4.86. The number of hydrogen-bond acceptors (Lipinski definition) is 8. The first-order chi connectivity index (χ1) is 9.72. The van der Waals surface area contributed by atoms with Gasteiger partial charge in [-0.05, 0) is 6.42 Å². The van der Waals surface area contributed by atoms with Crippen LogP contribution in [0.2, 0.25) is 0 Å². The molecule has 0 fully saturated rings. The average molecular weight is 294 g/mol. The first kappa shape index (κ1) is 14.1. The highest BCUT2D eigenvalue weighted by atomic mass is 32.1. The van der Waals surface area contributed by atoms with Gasteiger partial charge in [-0.25, -0.2) is 15.0 Å². The van der Waals surface area contributed by atoms with E-state index in [4.69, 9.17) is 0 Å². The Hall–Kier alpha value is -2.29. The van der Waals surface area contributed by atoms with E-state index < -0.39 is 4.92 Å². The number of anilines is 2. The zero-order chi connectivity index (χ0) is 14.4. The highest BCUT2D eigenvalue weighted by Crippen LogP contribution is 2.29. The Balaban J connectivity index is 2.20. The SMILES string of the molecule is CCCNc1ncnc(NCc2nccs2)c1[N+](=O)[O-]. The third-order valence-electron chi connectivity index (χ3n) is 2.44. The summed E-state index contributed by atoms with van der Waals surface area (Å²) in [5.74, 6) is 0.423. The number of thiazole rings is 1. The van der Waals surface area contributed by atoms with Crippen molar-refractivity contribution in [1.29, 1.82) is 0 Å². The zero-order valence-corrected chi connectivity index (χ0v) is 11.7. The molecule has 0 unspecified atom stereocenters. The van der Waals surface area contributed by atoms with Crippen LogP contribution in [-0.2, 0) is 6.54 Å². The second-order valence-electron chi connectivity index (χ2n) is 3.88. The summed E-state index contributed by atoms with van der Waals surface area (Å²) in [4.78, 5) is 22.7. The molecule has 2 rings (SSSR count). The molecule has 2 aromatic heterocycles. The molecule has 0 bridgehead atoms. The number of aromatic nitrogens is 3. The van der Waals surface area contributed by atoms with Crippen molar-refractivity contribution < 1.29 is 4.92 Å². The van der Waals surface area contributed by atoms with Crippen molar-refractivity contribution in [3.63, 3.8) is 0 Å². The van der Waals surface area contributed by atoms with Gasteiger partial charge >= 0.3 is 5.69 Å². The van der Waals surface area contributed by atoms with Gasteiger partial charge in [0.1, 0.15) is 11.3 Å². The Morgan fingerprint density at radius 2 is 2.05 bits per heavy atom. The first-order valence-corrected chi connectivity index (χ1v) is 6.95.